The van der Waals surface area contributed by atoms with E-state index in [1.54, 1.807) is 0 Å². The van der Waals surface area contributed by atoms with Gasteiger partial charge in [0, 0.05) is 19.5 Å². The smallest absolute Gasteiger partial charge is 0.228 e. The molecule has 1 aliphatic heterocycles. The first-order valence-corrected chi connectivity index (χ1v) is 6.56. The lowest BCUT2D eigenvalue weighted by Gasteiger charge is -2.18. The van der Waals surface area contributed by atoms with Crippen LogP contribution in [-0.4, -0.2) is 24.9 Å². The molecule has 1 aliphatic rings. The van der Waals surface area contributed by atoms with E-state index in [4.69, 9.17) is 0 Å². The number of hydrogen-bond donors (Lipinski definition) is 1. The van der Waals surface area contributed by atoms with Crippen molar-refractivity contribution >= 4 is 17.5 Å². The number of benzene rings is 1. The van der Waals surface area contributed by atoms with Crippen molar-refractivity contribution in [3.05, 3.63) is 29.8 Å². The molecule has 6 heteroatoms. The third-order valence-corrected chi connectivity index (χ3v) is 3.25. The summed E-state index contributed by atoms with van der Waals surface area (Å²) in [5.41, 5.74) is -0.372. The quantitative estimate of drug-likeness (QED) is 0.916. The Labute approximate surface area is 115 Å². The average Bonchev–Trinajstić information content (AvgIpc) is 2.78. The minimum absolute atomic E-state index is 0.00618. The molecule has 1 heterocycles. The second-order valence-electron chi connectivity index (χ2n) is 4.77. The van der Waals surface area contributed by atoms with E-state index >= 15 is 0 Å². The Balaban J connectivity index is 2.15. The number of nitrogens with one attached hydrogen (secondary N) is 1. The maximum atomic E-state index is 13.7. The molecular formula is C14H16F2N2O2. The summed E-state index contributed by atoms with van der Waals surface area (Å²) in [6.45, 7) is 2.45. The van der Waals surface area contributed by atoms with Gasteiger partial charge < -0.3 is 10.2 Å². The maximum Gasteiger partial charge on any atom is 0.228 e. The summed E-state index contributed by atoms with van der Waals surface area (Å²) in [4.78, 5) is 24.7. The van der Waals surface area contributed by atoms with E-state index in [2.05, 4.69) is 5.32 Å². The molecule has 0 bridgehead atoms. The molecule has 0 saturated carbocycles. The topological polar surface area (TPSA) is 49.4 Å². The number of anilines is 1. The van der Waals surface area contributed by atoms with Gasteiger partial charge in [-0.2, -0.15) is 0 Å². The zero-order chi connectivity index (χ0) is 14.7. The summed E-state index contributed by atoms with van der Waals surface area (Å²) < 4.78 is 27.3. The highest BCUT2D eigenvalue weighted by Gasteiger charge is 2.37. The van der Waals surface area contributed by atoms with Crippen molar-refractivity contribution in [2.45, 2.75) is 19.8 Å². The van der Waals surface area contributed by atoms with E-state index in [9.17, 15) is 18.4 Å². The van der Waals surface area contributed by atoms with E-state index in [-0.39, 0.29) is 24.6 Å². The van der Waals surface area contributed by atoms with Crippen molar-refractivity contribution in [1.29, 1.82) is 0 Å². The van der Waals surface area contributed by atoms with Crippen molar-refractivity contribution < 1.29 is 18.4 Å². The van der Waals surface area contributed by atoms with Gasteiger partial charge in [0.1, 0.15) is 17.3 Å². The van der Waals surface area contributed by atoms with Crippen LogP contribution >= 0.6 is 0 Å². The lowest BCUT2D eigenvalue weighted by atomic mass is 10.1. The molecule has 4 nitrogen and oxygen atoms in total. The van der Waals surface area contributed by atoms with E-state index in [1.807, 2.05) is 6.92 Å². The molecule has 1 N–H and O–H groups in total. The molecule has 0 aliphatic carbocycles. The van der Waals surface area contributed by atoms with Gasteiger partial charge in [0.05, 0.1) is 5.92 Å². The van der Waals surface area contributed by atoms with Crippen LogP contribution in [0.3, 0.4) is 0 Å². The molecule has 1 aromatic rings. The summed E-state index contributed by atoms with van der Waals surface area (Å²) in [5, 5.41) is 2.69. The number of rotatable bonds is 4. The largest absolute Gasteiger partial charge is 0.356 e. The van der Waals surface area contributed by atoms with Crippen LogP contribution in [0.5, 0.6) is 0 Å². The van der Waals surface area contributed by atoms with E-state index in [0.717, 1.165) is 23.5 Å². The van der Waals surface area contributed by atoms with E-state index < -0.39 is 23.5 Å². The number of nitrogens with zero attached hydrogens (tertiary/aromatic N) is 1. The predicted octanol–water partition coefficient (Wildman–Crippen LogP) is 1.84. The second-order valence-corrected chi connectivity index (χ2v) is 4.77. The normalized spacial score (nSPS) is 18.4. The van der Waals surface area contributed by atoms with Crippen LogP contribution < -0.4 is 10.2 Å². The fourth-order valence-electron chi connectivity index (χ4n) is 2.24. The fourth-order valence-corrected chi connectivity index (χ4v) is 2.24. The fraction of sp³-hybridized carbons (Fsp3) is 0.429. The number of amides is 2. The van der Waals surface area contributed by atoms with Crippen LogP contribution in [0.4, 0.5) is 14.5 Å². The summed E-state index contributed by atoms with van der Waals surface area (Å²) >= 11 is 0. The number of halogens is 2. The molecule has 108 valence electrons. The molecular weight excluding hydrogens is 266 g/mol. The Morgan fingerprint density at radius 3 is 2.65 bits per heavy atom. The van der Waals surface area contributed by atoms with Crippen LogP contribution in [0.2, 0.25) is 0 Å². The molecule has 20 heavy (non-hydrogen) atoms. The Bertz CT molecular complexity index is 514. The van der Waals surface area contributed by atoms with Gasteiger partial charge in [-0.25, -0.2) is 8.78 Å². The van der Waals surface area contributed by atoms with E-state index in [1.165, 1.54) is 6.07 Å². The summed E-state index contributed by atoms with van der Waals surface area (Å²) in [6, 6.07) is 3.42. The number of hydrogen-bond acceptors (Lipinski definition) is 2. The highest BCUT2D eigenvalue weighted by atomic mass is 19.1. The van der Waals surface area contributed by atoms with Gasteiger partial charge in [0.25, 0.3) is 0 Å². The number of carbonyl (C=O) groups excluding carboxylic acids is 2. The van der Waals surface area contributed by atoms with Crippen LogP contribution in [0.15, 0.2) is 18.2 Å². The van der Waals surface area contributed by atoms with Crippen LogP contribution in [-0.2, 0) is 9.59 Å². The van der Waals surface area contributed by atoms with Crippen LogP contribution in [0.1, 0.15) is 19.8 Å². The highest BCUT2D eigenvalue weighted by Crippen LogP contribution is 2.29. The molecule has 1 unspecified atom stereocenters. The zero-order valence-corrected chi connectivity index (χ0v) is 11.2. The van der Waals surface area contributed by atoms with Crippen LogP contribution in [0.25, 0.3) is 0 Å². The van der Waals surface area contributed by atoms with Crippen molar-refractivity contribution in [3.8, 4) is 0 Å². The molecule has 2 amide bonds. The molecule has 0 radical (unpaired) electrons. The van der Waals surface area contributed by atoms with Gasteiger partial charge in [0.15, 0.2) is 0 Å². The number of carbonyl (C=O) groups is 2. The minimum Gasteiger partial charge on any atom is -0.356 e. The Hall–Kier alpha value is -1.98. The third kappa shape index (κ3) is 2.79. The zero-order valence-electron chi connectivity index (χ0n) is 11.2. The molecule has 2 rings (SSSR count). The average molecular weight is 282 g/mol. The van der Waals surface area contributed by atoms with Gasteiger partial charge in [0.2, 0.25) is 11.8 Å². The highest BCUT2D eigenvalue weighted by molar-refractivity contribution is 6.00. The summed E-state index contributed by atoms with van der Waals surface area (Å²) in [6.07, 6.45) is 0.765. The third-order valence-electron chi connectivity index (χ3n) is 3.25. The predicted molar refractivity (Wildman–Crippen MR) is 70.1 cm³/mol. The first kappa shape index (κ1) is 14.4. The first-order valence-electron chi connectivity index (χ1n) is 6.56. The van der Waals surface area contributed by atoms with Crippen molar-refractivity contribution in [2.75, 3.05) is 18.0 Å². The summed E-state index contributed by atoms with van der Waals surface area (Å²) in [5.74, 6) is -2.85. The molecule has 0 spiro atoms. The lowest BCUT2D eigenvalue weighted by Crippen LogP contribution is -2.33. The van der Waals surface area contributed by atoms with Gasteiger partial charge in [-0.3, -0.25) is 9.59 Å². The van der Waals surface area contributed by atoms with Crippen LogP contribution in [0, 0.1) is 17.6 Å². The van der Waals surface area contributed by atoms with Crippen molar-refractivity contribution in [2.24, 2.45) is 5.92 Å². The molecule has 1 saturated heterocycles. The van der Waals surface area contributed by atoms with Gasteiger partial charge in [-0.15, -0.1) is 0 Å². The molecule has 1 aromatic carbocycles. The van der Waals surface area contributed by atoms with E-state index in [0.29, 0.717) is 6.54 Å². The second kappa shape index (κ2) is 5.98. The minimum atomic E-state index is -0.798. The Morgan fingerprint density at radius 2 is 2.05 bits per heavy atom. The SMILES string of the molecule is CCCNC(=O)C1CC(=O)N(c2c(F)cccc2F)C1. The lowest BCUT2D eigenvalue weighted by molar-refractivity contribution is -0.126. The van der Waals surface area contributed by atoms with Gasteiger partial charge in [-0.05, 0) is 18.6 Å². The maximum absolute atomic E-state index is 13.7. The molecule has 1 fully saturated rings. The molecule has 1 atom stereocenters. The Morgan fingerprint density at radius 1 is 1.40 bits per heavy atom. The molecule has 0 aromatic heterocycles. The first-order chi connectivity index (χ1) is 9.54. The standard InChI is InChI=1S/C14H16F2N2O2/c1-2-6-17-14(20)9-7-12(19)18(8-9)13-10(15)4-3-5-11(13)16/h3-5,9H,2,6-8H2,1H3,(H,17,20). The van der Waals surface area contributed by atoms with Crippen molar-refractivity contribution in [1.82, 2.24) is 5.32 Å². The van der Waals surface area contributed by atoms with Crippen molar-refractivity contribution in [3.63, 3.8) is 0 Å². The van der Waals surface area contributed by atoms with Gasteiger partial charge >= 0.3 is 0 Å². The summed E-state index contributed by atoms with van der Waals surface area (Å²) in [7, 11) is 0. The monoisotopic (exact) mass is 282 g/mol. The van der Waals surface area contributed by atoms with Gasteiger partial charge in [-0.1, -0.05) is 13.0 Å². The number of para-hydroxylation sites is 1. The Kier molecular flexibility index (Phi) is 4.32.